The molecular weight excluding hydrogens is 602 g/mol. The summed E-state index contributed by atoms with van der Waals surface area (Å²) >= 11 is 4.29. The number of nitrogens with two attached hydrogens (primary N) is 1. The first-order chi connectivity index (χ1) is 13.4. The lowest BCUT2D eigenvalue weighted by molar-refractivity contribution is -0.120. The predicted molar refractivity (Wildman–Crippen MR) is 126 cm³/mol. The van der Waals surface area contributed by atoms with Crippen LogP contribution in [0.3, 0.4) is 0 Å². The summed E-state index contributed by atoms with van der Waals surface area (Å²) in [6.45, 7) is 5.22. The van der Waals surface area contributed by atoms with Gasteiger partial charge in [0.05, 0.1) is 7.14 Å². The normalized spacial score (nSPS) is 12.2. The summed E-state index contributed by atoms with van der Waals surface area (Å²) < 4.78 is 12.8. The Hall–Kier alpha value is -1.76. The molecule has 2 amide bonds. The molecule has 2 aromatic carbocycles. The van der Waals surface area contributed by atoms with Crippen LogP contribution in [0.15, 0.2) is 36.4 Å². The van der Waals surface area contributed by atoms with Crippen molar-refractivity contribution < 1.29 is 24.2 Å². The number of carbonyl (C=O) groups excluding carboxylic acids is 2. The summed E-state index contributed by atoms with van der Waals surface area (Å²) in [6, 6.07) is 9.26. The van der Waals surface area contributed by atoms with Gasteiger partial charge in [0.25, 0.3) is 0 Å². The summed E-state index contributed by atoms with van der Waals surface area (Å²) in [5.74, 6) is 0.765. The molecule has 0 heterocycles. The quantitative estimate of drug-likeness (QED) is 0.415. The molecule has 1 atom stereocenters. The maximum Gasteiger partial charge on any atom is 0.408 e. The van der Waals surface area contributed by atoms with Crippen molar-refractivity contribution in [1.29, 1.82) is 0 Å². The number of primary amides is 1. The van der Waals surface area contributed by atoms with Gasteiger partial charge in [0, 0.05) is 6.42 Å². The molecule has 4 N–H and O–H groups in total. The van der Waals surface area contributed by atoms with E-state index in [-0.39, 0.29) is 12.2 Å². The Morgan fingerprint density at radius 2 is 1.69 bits per heavy atom. The average Bonchev–Trinajstić information content (AvgIpc) is 2.57. The fourth-order valence-electron chi connectivity index (χ4n) is 2.37. The Balaban J connectivity index is 2.16. The smallest absolute Gasteiger partial charge is 0.408 e. The SMILES string of the molecule is CC(C)(C)OC(=O)N[C@@H](Cc1cc(I)c(Oc2ccc(O)cc2)c(I)c1)C(N)=O. The van der Waals surface area contributed by atoms with Gasteiger partial charge in [0.15, 0.2) is 5.75 Å². The number of aromatic hydroxyl groups is 1. The highest BCUT2D eigenvalue weighted by Gasteiger charge is 2.23. The number of hydrogen-bond donors (Lipinski definition) is 3. The fraction of sp³-hybridized carbons (Fsp3) is 0.300. The molecule has 0 radical (unpaired) electrons. The molecule has 0 saturated heterocycles. The average molecular weight is 624 g/mol. The van der Waals surface area contributed by atoms with Crippen molar-refractivity contribution in [1.82, 2.24) is 5.32 Å². The number of ether oxygens (including phenoxy) is 2. The van der Waals surface area contributed by atoms with Crippen molar-refractivity contribution in [2.75, 3.05) is 0 Å². The number of phenolic OH excluding ortho intramolecular Hbond substituents is 1. The molecule has 2 rings (SSSR count). The van der Waals surface area contributed by atoms with Crippen LogP contribution in [0.25, 0.3) is 0 Å². The maximum atomic E-state index is 12.0. The number of amides is 2. The van der Waals surface area contributed by atoms with E-state index in [9.17, 15) is 14.7 Å². The Bertz CT molecular complexity index is 872. The number of carbonyl (C=O) groups is 2. The van der Waals surface area contributed by atoms with Crippen molar-refractivity contribution in [3.63, 3.8) is 0 Å². The van der Waals surface area contributed by atoms with E-state index in [1.54, 1.807) is 45.0 Å². The van der Waals surface area contributed by atoms with Crippen LogP contribution >= 0.6 is 45.2 Å². The van der Waals surface area contributed by atoms with Gasteiger partial charge >= 0.3 is 6.09 Å². The van der Waals surface area contributed by atoms with E-state index < -0.39 is 23.6 Å². The van der Waals surface area contributed by atoms with E-state index in [0.717, 1.165) is 12.7 Å². The number of alkyl carbamates (subject to hydrolysis) is 1. The zero-order valence-corrected chi connectivity index (χ0v) is 20.5. The topological polar surface area (TPSA) is 111 Å². The largest absolute Gasteiger partial charge is 0.508 e. The Morgan fingerprint density at radius 3 is 2.17 bits per heavy atom. The van der Waals surface area contributed by atoms with E-state index in [4.69, 9.17) is 15.2 Å². The fourth-order valence-corrected chi connectivity index (χ4v) is 4.49. The second kappa shape index (κ2) is 9.83. The van der Waals surface area contributed by atoms with E-state index in [1.807, 2.05) is 12.1 Å². The van der Waals surface area contributed by atoms with Crippen LogP contribution in [0.1, 0.15) is 26.3 Å². The Labute approximate surface area is 196 Å². The first kappa shape index (κ1) is 23.5. The van der Waals surface area contributed by atoms with Gasteiger partial charge in [0.2, 0.25) is 5.91 Å². The molecule has 0 aliphatic rings. The highest BCUT2D eigenvalue weighted by molar-refractivity contribution is 14.1. The molecule has 7 nitrogen and oxygen atoms in total. The van der Waals surface area contributed by atoms with Gasteiger partial charge in [-0.1, -0.05) is 0 Å². The maximum absolute atomic E-state index is 12.0. The summed E-state index contributed by atoms with van der Waals surface area (Å²) in [7, 11) is 0. The molecule has 0 aliphatic heterocycles. The standard InChI is InChI=1S/C20H22I2N2O5/c1-20(2,3)29-19(27)24-16(18(23)26)10-11-8-14(21)17(15(22)9-11)28-13-6-4-12(25)5-7-13/h4-9,16,25H,10H2,1-3H3,(H2,23,26)(H,24,27)/t16-/m0/s1. The molecule has 156 valence electrons. The van der Waals surface area contributed by atoms with Gasteiger partial charge in [-0.15, -0.1) is 0 Å². The lowest BCUT2D eigenvalue weighted by Gasteiger charge is -2.22. The van der Waals surface area contributed by atoms with Gasteiger partial charge in [0.1, 0.15) is 23.1 Å². The molecule has 0 aromatic heterocycles. The molecule has 0 saturated carbocycles. The van der Waals surface area contributed by atoms with Gasteiger partial charge in [-0.3, -0.25) is 4.79 Å². The van der Waals surface area contributed by atoms with Crippen LogP contribution in [0.2, 0.25) is 0 Å². The molecule has 0 spiro atoms. The second-order valence-corrected chi connectivity index (χ2v) is 9.61. The van der Waals surface area contributed by atoms with Crippen molar-refractivity contribution in [2.24, 2.45) is 5.73 Å². The van der Waals surface area contributed by atoms with E-state index in [0.29, 0.717) is 11.5 Å². The first-order valence-electron chi connectivity index (χ1n) is 8.68. The molecule has 0 bridgehead atoms. The van der Waals surface area contributed by atoms with Crippen LogP contribution < -0.4 is 15.8 Å². The minimum absolute atomic E-state index is 0.159. The van der Waals surface area contributed by atoms with E-state index in [2.05, 4.69) is 50.5 Å². The third-order valence-corrected chi connectivity index (χ3v) is 5.19. The van der Waals surface area contributed by atoms with Crippen LogP contribution in [-0.2, 0) is 16.0 Å². The number of benzene rings is 2. The van der Waals surface area contributed by atoms with Gasteiger partial charge in [-0.05, 0) is 108 Å². The minimum atomic E-state index is -0.902. The van der Waals surface area contributed by atoms with Crippen LogP contribution in [0.5, 0.6) is 17.2 Å². The van der Waals surface area contributed by atoms with Crippen LogP contribution in [0.4, 0.5) is 4.79 Å². The van der Waals surface area contributed by atoms with E-state index >= 15 is 0 Å². The number of phenols is 1. The lowest BCUT2D eigenvalue weighted by Crippen LogP contribution is -2.47. The number of halogens is 2. The minimum Gasteiger partial charge on any atom is -0.508 e. The van der Waals surface area contributed by atoms with Crippen molar-refractivity contribution in [2.45, 2.75) is 38.8 Å². The molecule has 9 heteroatoms. The predicted octanol–water partition coefficient (Wildman–Crippen LogP) is 4.31. The Kier molecular flexibility index (Phi) is 7.97. The molecule has 0 fully saturated rings. The van der Waals surface area contributed by atoms with Crippen LogP contribution in [0, 0.1) is 7.14 Å². The van der Waals surface area contributed by atoms with Gasteiger partial charge in [-0.2, -0.15) is 0 Å². The summed E-state index contributed by atoms with van der Waals surface area (Å²) in [5.41, 5.74) is 5.60. The number of nitrogens with one attached hydrogen (secondary N) is 1. The second-order valence-electron chi connectivity index (χ2n) is 7.29. The van der Waals surface area contributed by atoms with Crippen LogP contribution in [-0.4, -0.2) is 28.7 Å². The summed E-state index contributed by atoms with van der Waals surface area (Å²) in [4.78, 5) is 23.8. The molecule has 0 unspecified atom stereocenters. The van der Waals surface area contributed by atoms with Crippen molar-refractivity contribution in [3.8, 4) is 17.2 Å². The molecule has 0 aliphatic carbocycles. The monoisotopic (exact) mass is 624 g/mol. The zero-order valence-electron chi connectivity index (χ0n) is 16.2. The highest BCUT2D eigenvalue weighted by atomic mass is 127. The van der Waals surface area contributed by atoms with Crippen molar-refractivity contribution in [3.05, 3.63) is 49.1 Å². The van der Waals surface area contributed by atoms with E-state index in [1.165, 1.54) is 0 Å². The lowest BCUT2D eigenvalue weighted by atomic mass is 10.1. The van der Waals surface area contributed by atoms with Gasteiger partial charge in [-0.25, -0.2) is 4.79 Å². The summed E-state index contributed by atoms with van der Waals surface area (Å²) in [5, 5.41) is 11.9. The number of rotatable bonds is 6. The first-order valence-corrected chi connectivity index (χ1v) is 10.8. The van der Waals surface area contributed by atoms with Crippen molar-refractivity contribution >= 4 is 57.2 Å². The third-order valence-electron chi connectivity index (χ3n) is 3.59. The zero-order chi connectivity index (χ0) is 21.8. The Morgan fingerprint density at radius 1 is 1.14 bits per heavy atom. The van der Waals surface area contributed by atoms with Gasteiger partial charge < -0.3 is 25.6 Å². The highest BCUT2D eigenvalue weighted by Crippen LogP contribution is 2.33. The molecular formula is C20H22I2N2O5. The molecule has 2 aromatic rings. The third kappa shape index (κ3) is 7.53. The molecule has 29 heavy (non-hydrogen) atoms. The summed E-state index contributed by atoms with van der Waals surface area (Å²) in [6.07, 6.45) is -0.474. The number of hydrogen-bond acceptors (Lipinski definition) is 5.